The zero-order valence-electron chi connectivity index (χ0n) is 32.0. The van der Waals surface area contributed by atoms with Crippen LogP contribution in [0.5, 0.6) is 0 Å². The lowest BCUT2D eigenvalue weighted by atomic mass is 10.1. The molecule has 0 N–H and O–H groups in total. The van der Waals surface area contributed by atoms with Crippen molar-refractivity contribution >= 4 is 26.5 Å². The maximum Gasteiger partial charge on any atom is 0.0810 e. The van der Waals surface area contributed by atoms with Crippen molar-refractivity contribution in [2.24, 2.45) is 0 Å². The van der Waals surface area contributed by atoms with Gasteiger partial charge in [0.05, 0.1) is 16.1 Å². The van der Waals surface area contributed by atoms with Crippen LogP contribution < -0.4 is 10.4 Å². The summed E-state index contributed by atoms with van der Waals surface area (Å²) >= 11 is 0. The lowest BCUT2D eigenvalue weighted by Crippen LogP contribution is -2.50. The van der Waals surface area contributed by atoms with Crippen molar-refractivity contribution in [1.82, 2.24) is 9.80 Å². The minimum Gasteiger partial charge on any atom is -0.300 e. The Balaban J connectivity index is 3.26. The van der Waals surface area contributed by atoms with Crippen LogP contribution in [0.3, 0.4) is 0 Å². The summed E-state index contributed by atoms with van der Waals surface area (Å²) in [6.45, 7) is 31.7. The molecule has 0 saturated carbocycles. The summed E-state index contributed by atoms with van der Waals surface area (Å²) in [5, 5.41) is 3.57. The molecule has 0 unspecified atom stereocenters. The highest BCUT2D eigenvalue weighted by Gasteiger charge is 2.32. The maximum atomic E-state index is 2.80. The van der Waals surface area contributed by atoms with Crippen LogP contribution >= 0.6 is 0 Å². The summed E-state index contributed by atoms with van der Waals surface area (Å²) in [5.41, 5.74) is 3.39. The summed E-state index contributed by atoms with van der Waals surface area (Å²) in [6.07, 6.45) is 22.7. The van der Waals surface area contributed by atoms with E-state index in [1.807, 2.05) is 0 Å². The Hall–Kier alpha value is -0.426. The van der Waals surface area contributed by atoms with Crippen molar-refractivity contribution in [3.8, 4) is 0 Å². The lowest BCUT2D eigenvalue weighted by molar-refractivity contribution is 0.294. The van der Waals surface area contributed by atoms with E-state index in [1.165, 1.54) is 115 Å². The predicted octanol–water partition coefficient (Wildman–Crippen LogP) is 11.5. The van der Waals surface area contributed by atoms with E-state index in [1.54, 1.807) is 21.5 Å². The van der Waals surface area contributed by atoms with Gasteiger partial charge in [-0.15, -0.1) is 0 Å². The van der Waals surface area contributed by atoms with Crippen molar-refractivity contribution in [3.63, 3.8) is 0 Å². The van der Waals surface area contributed by atoms with Gasteiger partial charge in [0, 0.05) is 13.1 Å². The van der Waals surface area contributed by atoms with E-state index in [9.17, 15) is 0 Å². The third-order valence-corrected chi connectivity index (χ3v) is 17.7. The van der Waals surface area contributed by atoms with E-state index < -0.39 is 16.1 Å². The molecule has 1 rings (SSSR count). The second-order valence-corrected chi connectivity index (χ2v) is 24.9. The van der Waals surface area contributed by atoms with Crippen molar-refractivity contribution in [1.29, 1.82) is 0 Å². The van der Waals surface area contributed by atoms with E-state index in [-0.39, 0.29) is 0 Å². The van der Waals surface area contributed by atoms with Gasteiger partial charge < -0.3 is 0 Å². The molecule has 0 atom stereocenters. The smallest absolute Gasteiger partial charge is 0.0810 e. The van der Waals surface area contributed by atoms with Gasteiger partial charge in [0.2, 0.25) is 0 Å². The second kappa shape index (κ2) is 23.8. The first-order valence-corrected chi connectivity index (χ1v) is 26.1. The van der Waals surface area contributed by atoms with Crippen molar-refractivity contribution in [2.75, 3.05) is 26.2 Å². The van der Waals surface area contributed by atoms with Gasteiger partial charge in [-0.05, 0) is 37.3 Å². The second-order valence-electron chi connectivity index (χ2n) is 15.3. The van der Waals surface area contributed by atoms with Gasteiger partial charge in [0.1, 0.15) is 0 Å². The summed E-state index contributed by atoms with van der Waals surface area (Å²) in [4.78, 5) is 5.33. The zero-order valence-corrected chi connectivity index (χ0v) is 34.0. The van der Waals surface area contributed by atoms with Gasteiger partial charge in [0.25, 0.3) is 0 Å². The highest BCUT2D eigenvalue weighted by Crippen LogP contribution is 2.24. The van der Waals surface area contributed by atoms with E-state index in [0.29, 0.717) is 0 Å². The molecule has 0 saturated heterocycles. The minimum absolute atomic E-state index is 1.14. The lowest BCUT2D eigenvalue weighted by Gasteiger charge is -2.34. The van der Waals surface area contributed by atoms with Crippen LogP contribution in [-0.2, 0) is 13.1 Å². The first-order chi connectivity index (χ1) is 21.1. The zero-order chi connectivity index (χ0) is 32.8. The highest BCUT2D eigenvalue weighted by molar-refractivity contribution is 6.91. The molecule has 0 bridgehead atoms. The Labute approximate surface area is 280 Å². The third kappa shape index (κ3) is 15.9. The summed E-state index contributed by atoms with van der Waals surface area (Å²) in [7, 11) is -3.12. The van der Waals surface area contributed by atoms with Crippen LogP contribution in [0, 0.1) is 0 Å². The van der Waals surface area contributed by atoms with Gasteiger partial charge in [-0.2, -0.15) is 0 Å². The standard InChI is InChI=1S/C40H80N2Si2/c1-11-17-19-21-23-25-27-29-31-43(7,8)39-33-38(36-42(15-5)16-6)40(34-37(39)35-41(13-3)14-4)44(9,10)32-30-28-26-24-22-20-18-12-2/h33-34H,11-32,35-36H2,1-10H3. The van der Waals surface area contributed by atoms with Gasteiger partial charge in [-0.3, -0.25) is 9.80 Å². The maximum absolute atomic E-state index is 2.80. The van der Waals surface area contributed by atoms with Gasteiger partial charge >= 0.3 is 0 Å². The molecular weight excluding hydrogens is 565 g/mol. The topological polar surface area (TPSA) is 6.48 Å². The molecule has 0 fully saturated rings. The van der Waals surface area contributed by atoms with E-state index in [4.69, 9.17) is 0 Å². The molecule has 2 nitrogen and oxygen atoms in total. The Kier molecular flexibility index (Phi) is 22.5. The highest BCUT2D eigenvalue weighted by atomic mass is 28.3. The SMILES string of the molecule is CCCCCCCCCC[Si](C)(C)c1cc(CN(CC)CC)c([Si](C)(C)CCCCCCCCCC)cc1CN(CC)CC. The number of unbranched alkanes of at least 4 members (excludes halogenated alkanes) is 14. The number of rotatable bonds is 28. The monoisotopic (exact) mass is 645 g/mol. The van der Waals surface area contributed by atoms with Crippen LogP contribution in [0.15, 0.2) is 12.1 Å². The fourth-order valence-corrected chi connectivity index (χ4v) is 13.2. The molecule has 0 amide bonds. The molecule has 4 heteroatoms. The first kappa shape index (κ1) is 41.6. The molecule has 0 aliphatic heterocycles. The number of hydrogen-bond donors (Lipinski definition) is 0. The summed E-state index contributed by atoms with van der Waals surface area (Å²) < 4.78 is 0. The van der Waals surface area contributed by atoms with Crippen molar-refractivity contribution in [3.05, 3.63) is 23.3 Å². The van der Waals surface area contributed by atoms with Gasteiger partial charge in [-0.1, -0.05) is 205 Å². The fraction of sp³-hybridized carbons (Fsp3) is 0.850. The van der Waals surface area contributed by atoms with E-state index in [2.05, 4.69) is 89.7 Å². The molecule has 1 aromatic rings. The van der Waals surface area contributed by atoms with Crippen LogP contribution in [-0.4, -0.2) is 52.1 Å². The molecule has 0 aliphatic carbocycles. The third-order valence-electron chi connectivity index (χ3n) is 10.7. The van der Waals surface area contributed by atoms with Crippen LogP contribution in [0.1, 0.15) is 155 Å². The predicted molar refractivity (Wildman–Crippen MR) is 209 cm³/mol. The quantitative estimate of drug-likeness (QED) is 0.0661. The Morgan fingerprint density at radius 1 is 0.409 bits per heavy atom. The number of benzene rings is 1. The van der Waals surface area contributed by atoms with Gasteiger partial charge in [-0.25, -0.2) is 0 Å². The molecule has 0 spiro atoms. The molecule has 0 aliphatic rings. The molecule has 258 valence electrons. The molecule has 0 aromatic heterocycles. The fourth-order valence-electron chi connectivity index (χ4n) is 7.26. The summed E-state index contributed by atoms with van der Waals surface area (Å²) in [6, 6.07) is 8.48. The molecule has 0 radical (unpaired) electrons. The molecule has 0 heterocycles. The number of nitrogens with zero attached hydrogens (tertiary/aromatic N) is 2. The Bertz CT molecular complexity index is 772. The number of hydrogen-bond acceptors (Lipinski definition) is 2. The van der Waals surface area contributed by atoms with Crippen LogP contribution in [0.2, 0.25) is 38.3 Å². The van der Waals surface area contributed by atoms with Crippen molar-refractivity contribution < 1.29 is 0 Å². The van der Waals surface area contributed by atoms with E-state index in [0.717, 1.165) is 39.3 Å². The first-order valence-electron chi connectivity index (χ1n) is 19.7. The van der Waals surface area contributed by atoms with Gasteiger partial charge in [0.15, 0.2) is 0 Å². The minimum atomic E-state index is -1.56. The van der Waals surface area contributed by atoms with Crippen LogP contribution in [0.4, 0.5) is 0 Å². The summed E-state index contributed by atoms with van der Waals surface area (Å²) in [5.74, 6) is 0. The Morgan fingerprint density at radius 2 is 0.682 bits per heavy atom. The molecular formula is C40H80N2Si2. The molecule has 1 aromatic carbocycles. The largest absolute Gasteiger partial charge is 0.300 e. The average Bonchev–Trinajstić information content (AvgIpc) is 3.01. The van der Waals surface area contributed by atoms with Crippen molar-refractivity contribution in [2.45, 2.75) is 196 Å². The molecule has 44 heavy (non-hydrogen) atoms. The Morgan fingerprint density at radius 3 is 0.955 bits per heavy atom. The van der Waals surface area contributed by atoms with E-state index >= 15 is 0 Å². The average molecular weight is 645 g/mol. The normalized spacial score (nSPS) is 12.6. The van der Waals surface area contributed by atoms with Crippen LogP contribution in [0.25, 0.3) is 0 Å².